The maximum Gasteiger partial charge on any atom is 0.241 e. The Kier molecular flexibility index (Phi) is 5.53. The number of anilines is 1. The molecular formula is C14H20ClN3O2. The number of carbonyl (C=O) groups is 1. The zero-order valence-electron chi connectivity index (χ0n) is 11.8. The predicted octanol–water partition coefficient (Wildman–Crippen LogP) is 2.87. The van der Waals surface area contributed by atoms with Crippen LogP contribution in [-0.2, 0) is 4.79 Å². The van der Waals surface area contributed by atoms with Gasteiger partial charge in [0.1, 0.15) is 5.52 Å². The number of hydrogen-bond acceptors (Lipinski definition) is 4. The summed E-state index contributed by atoms with van der Waals surface area (Å²) in [7, 11) is 0. The Labute approximate surface area is 124 Å². The number of oxazole rings is 1. The molecule has 1 heterocycles. The Morgan fingerprint density at radius 1 is 1.50 bits per heavy atom. The van der Waals surface area contributed by atoms with Crippen LogP contribution in [0.4, 0.5) is 5.69 Å². The van der Waals surface area contributed by atoms with E-state index >= 15 is 0 Å². The van der Waals surface area contributed by atoms with Gasteiger partial charge in [-0.05, 0) is 18.1 Å². The standard InChI is InChI=1S/C14H19N3O2.ClH/c1-4-8(2)13(15)14(18)17-10-5-6-11-12(7-10)19-9(3)16-11;/h5-8,13H,4,15H2,1-3H3,(H,17,18);1H. The minimum atomic E-state index is -0.503. The fourth-order valence-corrected chi connectivity index (χ4v) is 1.86. The average Bonchev–Trinajstić information content (AvgIpc) is 2.76. The summed E-state index contributed by atoms with van der Waals surface area (Å²) in [5.41, 5.74) is 8.00. The first kappa shape index (κ1) is 16.5. The topological polar surface area (TPSA) is 81.2 Å². The van der Waals surface area contributed by atoms with Crippen LogP contribution >= 0.6 is 12.4 Å². The Hall–Kier alpha value is -1.59. The molecule has 6 heteroatoms. The quantitative estimate of drug-likeness (QED) is 0.909. The number of rotatable bonds is 4. The van der Waals surface area contributed by atoms with Crippen molar-refractivity contribution in [2.24, 2.45) is 11.7 Å². The molecule has 0 aliphatic heterocycles. The van der Waals surface area contributed by atoms with Gasteiger partial charge in [0.15, 0.2) is 11.5 Å². The highest BCUT2D eigenvalue weighted by Crippen LogP contribution is 2.20. The van der Waals surface area contributed by atoms with E-state index in [0.717, 1.165) is 11.9 Å². The van der Waals surface area contributed by atoms with Crippen molar-refractivity contribution in [2.75, 3.05) is 5.32 Å². The molecule has 0 bridgehead atoms. The highest BCUT2D eigenvalue weighted by atomic mass is 35.5. The van der Waals surface area contributed by atoms with Gasteiger partial charge in [0.2, 0.25) is 5.91 Å². The first-order chi connectivity index (χ1) is 9.01. The van der Waals surface area contributed by atoms with E-state index in [1.54, 1.807) is 19.1 Å². The van der Waals surface area contributed by atoms with Crippen LogP contribution in [-0.4, -0.2) is 16.9 Å². The van der Waals surface area contributed by atoms with E-state index in [4.69, 9.17) is 10.2 Å². The van der Waals surface area contributed by atoms with Gasteiger partial charge in [-0.3, -0.25) is 4.79 Å². The lowest BCUT2D eigenvalue weighted by molar-refractivity contribution is -0.118. The van der Waals surface area contributed by atoms with Gasteiger partial charge in [0.05, 0.1) is 6.04 Å². The van der Waals surface area contributed by atoms with E-state index in [9.17, 15) is 4.79 Å². The molecule has 0 saturated heterocycles. The number of nitrogens with zero attached hydrogens (tertiary/aromatic N) is 1. The van der Waals surface area contributed by atoms with Gasteiger partial charge < -0.3 is 15.5 Å². The SMILES string of the molecule is CCC(C)C(N)C(=O)Nc1ccc2nc(C)oc2c1.Cl. The van der Waals surface area contributed by atoms with Gasteiger partial charge in [-0.15, -0.1) is 12.4 Å². The van der Waals surface area contributed by atoms with Gasteiger partial charge in [-0.2, -0.15) is 0 Å². The molecule has 1 amide bonds. The number of amides is 1. The molecule has 1 aromatic carbocycles. The summed E-state index contributed by atoms with van der Waals surface area (Å²) in [6, 6.07) is 4.87. The molecule has 0 aliphatic carbocycles. The van der Waals surface area contributed by atoms with E-state index in [-0.39, 0.29) is 24.2 Å². The van der Waals surface area contributed by atoms with Crippen LogP contribution in [0.2, 0.25) is 0 Å². The first-order valence-corrected chi connectivity index (χ1v) is 6.45. The maximum atomic E-state index is 12.0. The molecule has 0 aliphatic rings. The normalized spacial score (nSPS) is 13.6. The van der Waals surface area contributed by atoms with Crippen molar-refractivity contribution in [3.05, 3.63) is 24.1 Å². The fourth-order valence-electron chi connectivity index (χ4n) is 1.86. The second-order valence-electron chi connectivity index (χ2n) is 4.82. The van der Waals surface area contributed by atoms with Crippen LogP contribution in [0.15, 0.2) is 22.6 Å². The summed E-state index contributed by atoms with van der Waals surface area (Å²) >= 11 is 0. The van der Waals surface area contributed by atoms with Crippen LogP contribution in [0.3, 0.4) is 0 Å². The lowest BCUT2D eigenvalue weighted by Crippen LogP contribution is -2.40. The summed E-state index contributed by atoms with van der Waals surface area (Å²) in [5.74, 6) is 0.580. The fraction of sp³-hybridized carbons (Fsp3) is 0.429. The minimum Gasteiger partial charge on any atom is -0.441 e. The molecule has 0 saturated carbocycles. The Morgan fingerprint density at radius 2 is 2.20 bits per heavy atom. The van der Waals surface area contributed by atoms with Gasteiger partial charge in [-0.1, -0.05) is 20.3 Å². The zero-order valence-corrected chi connectivity index (χ0v) is 12.7. The number of benzene rings is 1. The maximum absolute atomic E-state index is 12.0. The molecule has 0 spiro atoms. The Bertz CT molecular complexity index is 597. The molecule has 110 valence electrons. The van der Waals surface area contributed by atoms with Crippen molar-refractivity contribution in [3.8, 4) is 0 Å². The van der Waals surface area contributed by atoms with Crippen molar-refractivity contribution in [3.63, 3.8) is 0 Å². The second-order valence-corrected chi connectivity index (χ2v) is 4.82. The third-order valence-electron chi connectivity index (χ3n) is 3.32. The lowest BCUT2D eigenvalue weighted by atomic mass is 9.99. The van der Waals surface area contributed by atoms with Crippen LogP contribution in [0.25, 0.3) is 11.1 Å². The molecule has 0 fully saturated rings. The Balaban J connectivity index is 0.00000200. The number of carbonyl (C=O) groups excluding carboxylic acids is 1. The summed E-state index contributed by atoms with van der Waals surface area (Å²) in [6.45, 7) is 5.77. The van der Waals surface area contributed by atoms with Crippen LogP contribution in [0, 0.1) is 12.8 Å². The summed E-state index contributed by atoms with van der Waals surface area (Å²) in [4.78, 5) is 16.2. The second kappa shape index (κ2) is 6.72. The van der Waals surface area contributed by atoms with Crippen LogP contribution in [0.1, 0.15) is 26.2 Å². The van der Waals surface area contributed by atoms with E-state index in [1.807, 2.05) is 19.9 Å². The van der Waals surface area contributed by atoms with Crippen molar-refractivity contribution >= 4 is 35.1 Å². The summed E-state index contributed by atoms with van der Waals surface area (Å²) in [6.07, 6.45) is 0.870. The first-order valence-electron chi connectivity index (χ1n) is 6.45. The number of fused-ring (bicyclic) bond motifs is 1. The minimum absolute atomic E-state index is 0. The molecule has 2 unspecified atom stereocenters. The molecule has 20 heavy (non-hydrogen) atoms. The van der Waals surface area contributed by atoms with E-state index < -0.39 is 6.04 Å². The smallest absolute Gasteiger partial charge is 0.241 e. The Morgan fingerprint density at radius 3 is 2.85 bits per heavy atom. The van der Waals surface area contributed by atoms with Crippen LogP contribution < -0.4 is 11.1 Å². The highest BCUT2D eigenvalue weighted by Gasteiger charge is 2.19. The molecule has 2 rings (SSSR count). The third kappa shape index (κ3) is 3.49. The largest absolute Gasteiger partial charge is 0.441 e. The summed E-state index contributed by atoms with van der Waals surface area (Å²) < 4.78 is 5.43. The van der Waals surface area contributed by atoms with Gasteiger partial charge >= 0.3 is 0 Å². The third-order valence-corrected chi connectivity index (χ3v) is 3.32. The van der Waals surface area contributed by atoms with E-state index in [1.165, 1.54) is 0 Å². The van der Waals surface area contributed by atoms with E-state index in [2.05, 4.69) is 10.3 Å². The number of nitrogens with one attached hydrogen (secondary N) is 1. The molecule has 2 aromatic rings. The molecule has 3 N–H and O–H groups in total. The lowest BCUT2D eigenvalue weighted by Gasteiger charge is -2.17. The molecule has 2 atom stereocenters. The highest BCUT2D eigenvalue weighted by molar-refractivity contribution is 5.96. The predicted molar refractivity (Wildman–Crippen MR) is 82.1 cm³/mol. The monoisotopic (exact) mass is 297 g/mol. The zero-order chi connectivity index (χ0) is 14.0. The molecule has 1 aromatic heterocycles. The number of aromatic nitrogens is 1. The van der Waals surface area contributed by atoms with Crippen LogP contribution in [0.5, 0.6) is 0 Å². The van der Waals surface area contributed by atoms with E-state index in [0.29, 0.717) is 17.2 Å². The van der Waals surface area contributed by atoms with Gasteiger partial charge in [0.25, 0.3) is 0 Å². The molecule has 5 nitrogen and oxygen atoms in total. The van der Waals surface area contributed by atoms with Crippen molar-refractivity contribution in [1.29, 1.82) is 0 Å². The van der Waals surface area contributed by atoms with Crippen molar-refractivity contribution < 1.29 is 9.21 Å². The average molecular weight is 298 g/mol. The number of nitrogens with two attached hydrogens (primary N) is 1. The van der Waals surface area contributed by atoms with Gasteiger partial charge in [0, 0.05) is 18.7 Å². The summed E-state index contributed by atoms with van der Waals surface area (Å²) in [5, 5.41) is 2.81. The number of halogens is 1. The number of aryl methyl sites for hydroxylation is 1. The van der Waals surface area contributed by atoms with Crippen molar-refractivity contribution in [1.82, 2.24) is 4.98 Å². The van der Waals surface area contributed by atoms with Crippen molar-refractivity contribution in [2.45, 2.75) is 33.2 Å². The molecular weight excluding hydrogens is 278 g/mol. The number of hydrogen-bond donors (Lipinski definition) is 2. The molecule has 0 radical (unpaired) electrons. The van der Waals surface area contributed by atoms with Gasteiger partial charge in [-0.25, -0.2) is 4.98 Å².